The van der Waals surface area contributed by atoms with E-state index < -0.39 is 5.60 Å². The van der Waals surface area contributed by atoms with Crippen molar-refractivity contribution >= 4 is 0 Å². The van der Waals surface area contributed by atoms with Crippen LogP contribution in [0.5, 0.6) is 0 Å². The summed E-state index contributed by atoms with van der Waals surface area (Å²) in [5.74, 6) is 0. The van der Waals surface area contributed by atoms with Crippen molar-refractivity contribution in [2.45, 2.75) is 51.7 Å². The summed E-state index contributed by atoms with van der Waals surface area (Å²) in [5, 5.41) is 20.6. The molecule has 0 radical (unpaired) electrons. The molecule has 0 unspecified atom stereocenters. The first-order valence-electron chi connectivity index (χ1n) is 6.41. The minimum absolute atomic E-state index is 0.398. The van der Waals surface area contributed by atoms with Crippen molar-refractivity contribution in [3.8, 4) is 0 Å². The summed E-state index contributed by atoms with van der Waals surface area (Å²) in [6, 6.07) is 1.95. The molecule has 0 atom stereocenters. The first-order valence-corrected chi connectivity index (χ1v) is 6.41. The van der Waals surface area contributed by atoms with Crippen LogP contribution < -0.4 is 5.32 Å². The number of aromatic amines is 1. The fourth-order valence-electron chi connectivity index (χ4n) is 2.38. The number of aliphatic hydroxyl groups is 1. The lowest BCUT2D eigenvalue weighted by Gasteiger charge is -2.40. The molecule has 0 spiro atoms. The molecule has 4 heteroatoms. The lowest BCUT2D eigenvalue weighted by Crippen LogP contribution is -2.44. The van der Waals surface area contributed by atoms with Crippen molar-refractivity contribution in [2.24, 2.45) is 5.41 Å². The molecule has 1 saturated carbocycles. The lowest BCUT2D eigenvalue weighted by atomic mass is 9.71. The Morgan fingerprint density at radius 1 is 1.35 bits per heavy atom. The van der Waals surface area contributed by atoms with Gasteiger partial charge < -0.3 is 10.4 Å². The van der Waals surface area contributed by atoms with Crippen molar-refractivity contribution in [3.05, 3.63) is 18.0 Å². The Morgan fingerprint density at radius 2 is 2.06 bits per heavy atom. The maximum absolute atomic E-state index is 10.4. The van der Waals surface area contributed by atoms with Gasteiger partial charge in [0.1, 0.15) is 0 Å². The zero-order valence-electron chi connectivity index (χ0n) is 10.8. The second-order valence-corrected chi connectivity index (χ2v) is 6.07. The molecule has 1 aromatic rings. The first kappa shape index (κ1) is 12.6. The summed E-state index contributed by atoms with van der Waals surface area (Å²) in [7, 11) is 0. The zero-order chi connectivity index (χ0) is 12.4. The second-order valence-electron chi connectivity index (χ2n) is 6.07. The minimum Gasteiger partial charge on any atom is -0.389 e. The molecule has 0 bridgehead atoms. The van der Waals surface area contributed by atoms with Gasteiger partial charge in [-0.1, -0.05) is 13.8 Å². The molecule has 4 nitrogen and oxygen atoms in total. The topological polar surface area (TPSA) is 60.9 Å². The van der Waals surface area contributed by atoms with E-state index in [-0.39, 0.29) is 0 Å². The molecule has 17 heavy (non-hydrogen) atoms. The average Bonchev–Trinajstić information content (AvgIpc) is 2.77. The molecular formula is C13H23N3O. The molecule has 1 fully saturated rings. The van der Waals surface area contributed by atoms with E-state index in [0.717, 1.165) is 37.9 Å². The Labute approximate surface area is 103 Å². The molecule has 0 aromatic carbocycles. The van der Waals surface area contributed by atoms with Gasteiger partial charge in [-0.2, -0.15) is 5.10 Å². The van der Waals surface area contributed by atoms with Gasteiger partial charge in [-0.05, 0) is 37.2 Å². The summed E-state index contributed by atoms with van der Waals surface area (Å²) in [6.07, 6.45) is 5.76. The van der Waals surface area contributed by atoms with Gasteiger partial charge in [0.2, 0.25) is 0 Å². The Hall–Kier alpha value is -0.870. The van der Waals surface area contributed by atoms with Crippen molar-refractivity contribution in [1.82, 2.24) is 15.5 Å². The third kappa shape index (κ3) is 3.54. The highest BCUT2D eigenvalue weighted by Gasteiger charge is 2.36. The predicted molar refractivity (Wildman–Crippen MR) is 67.5 cm³/mol. The molecule has 0 amide bonds. The molecular weight excluding hydrogens is 214 g/mol. The van der Waals surface area contributed by atoms with Gasteiger partial charge in [0.25, 0.3) is 0 Å². The number of aromatic nitrogens is 2. The molecule has 96 valence electrons. The maximum atomic E-state index is 10.4. The molecule has 1 aromatic heterocycles. The van der Waals surface area contributed by atoms with Crippen LogP contribution in [0.15, 0.2) is 12.3 Å². The SMILES string of the molecule is CC1(C)CCC(O)(CNCc2ccn[nH]2)CC1. The smallest absolute Gasteiger partial charge is 0.0772 e. The highest BCUT2D eigenvalue weighted by atomic mass is 16.3. The number of hydrogen-bond acceptors (Lipinski definition) is 3. The van der Waals surface area contributed by atoms with Gasteiger partial charge in [-0.25, -0.2) is 0 Å². The second kappa shape index (κ2) is 4.78. The largest absolute Gasteiger partial charge is 0.389 e. The van der Waals surface area contributed by atoms with Gasteiger partial charge in [0.05, 0.1) is 5.60 Å². The third-order valence-electron chi connectivity index (χ3n) is 3.86. The van der Waals surface area contributed by atoms with E-state index in [4.69, 9.17) is 0 Å². The molecule has 3 N–H and O–H groups in total. The third-order valence-corrected chi connectivity index (χ3v) is 3.86. The highest BCUT2D eigenvalue weighted by molar-refractivity contribution is 4.97. The van der Waals surface area contributed by atoms with E-state index in [0.29, 0.717) is 12.0 Å². The van der Waals surface area contributed by atoms with Crippen LogP contribution in [0.4, 0.5) is 0 Å². The summed E-state index contributed by atoms with van der Waals surface area (Å²) >= 11 is 0. The van der Waals surface area contributed by atoms with E-state index in [1.807, 2.05) is 6.07 Å². The van der Waals surface area contributed by atoms with E-state index in [9.17, 15) is 5.11 Å². The Kier molecular flexibility index (Phi) is 3.54. The molecule has 1 aliphatic carbocycles. The van der Waals surface area contributed by atoms with Gasteiger partial charge >= 0.3 is 0 Å². The zero-order valence-corrected chi connectivity index (χ0v) is 10.8. The number of H-pyrrole nitrogens is 1. The first-order chi connectivity index (χ1) is 7.99. The normalized spacial score (nSPS) is 22.5. The number of nitrogens with one attached hydrogen (secondary N) is 2. The van der Waals surface area contributed by atoms with Gasteiger partial charge in [0.15, 0.2) is 0 Å². The van der Waals surface area contributed by atoms with E-state index in [1.54, 1.807) is 6.20 Å². The van der Waals surface area contributed by atoms with Crippen LogP contribution in [0.1, 0.15) is 45.2 Å². The molecule has 0 saturated heterocycles. The quantitative estimate of drug-likeness (QED) is 0.748. The van der Waals surface area contributed by atoms with Crippen LogP contribution in [0.2, 0.25) is 0 Å². The minimum atomic E-state index is -0.518. The number of nitrogens with zero attached hydrogens (tertiary/aromatic N) is 1. The average molecular weight is 237 g/mol. The standard InChI is InChI=1S/C13H23N3O/c1-12(2)4-6-13(17,7-5-12)10-14-9-11-3-8-15-16-11/h3,8,14,17H,4-7,9-10H2,1-2H3,(H,15,16). The Bertz CT molecular complexity index is 336. The van der Waals surface area contributed by atoms with Crippen LogP contribution in [0.25, 0.3) is 0 Å². The molecule has 1 heterocycles. The van der Waals surface area contributed by atoms with Crippen LogP contribution >= 0.6 is 0 Å². The van der Waals surface area contributed by atoms with Gasteiger partial charge in [-0.15, -0.1) is 0 Å². The van der Waals surface area contributed by atoms with Crippen LogP contribution in [0.3, 0.4) is 0 Å². The summed E-state index contributed by atoms with van der Waals surface area (Å²) in [4.78, 5) is 0. The summed E-state index contributed by atoms with van der Waals surface area (Å²) in [5.41, 5.74) is 0.940. The van der Waals surface area contributed by atoms with Gasteiger partial charge in [0, 0.05) is 25.0 Å². The van der Waals surface area contributed by atoms with Crippen molar-refractivity contribution in [2.75, 3.05) is 6.54 Å². The molecule has 2 rings (SSSR count). The fraction of sp³-hybridized carbons (Fsp3) is 0.769. The maximum Gasteiger partial charge on any atom is 0.0772 e. The molecule has 0 aliphatic heterocycles. The molecule has 1 aliphatic rings. The lowest BCUT2D eigenvalue weighted by molar-refractivity contribution is -0.0245. The number of hydrogen-bond donors (Lipinski definition) is 3. The van der Waals surface area contributed by atoms with Crippen LogP contribution in [-0.4, -0.2) is 27.4 Å². The predicted octanol–water partition coefficient (Wildman–Crippen LogP) is 1.83. The fourth-order valence-corrected chi connectivity index (χ4v) is 2.38. The monoisotopic (exact) mass is 237 g/mol. The van der Waals surface area contributed by atoms with Crippen LogP contribution in [0, 0.1) is 5.41 Å². The van der Waals surface area contributed by atoms with Gasteiger partial charge in [-0.3, -0.25) is 5.10 Å². The van der Waals surface area contributed by atoms with E-state index in [1.165, 1.54) is 0 Å². The van der Waals surface area contributed by atoms with Crippen molar-refractivity contribution < 1.29 is 5.11 Å². The Balaban J connectivity index is 1.75. The van der Waals surface area contributed by atoms with Crippen LogP contribution in [-0.2, 0) is 6.54 Å². The summed E-state index contributed by atoms with van der Waals surface area (Å²) in [6.45, 7) is 5.98. The van der Waals surface area contributed by atoms with Crippen molar-refractivity contribution in [1.29, 1.82) is 0 Å². The van der Waals surface area contributed by atoms with Crippen molar-refractivity contribution in [3.63, 3.8) is 0 Å². The summed E-state index contributed by atoms with van der Waals surface area (Å²) < 4.78 is 0. The van der Waals surface area contributed by atoms with E-state index >= 15 is 0 Å². The number of rotatable bonds is 4. The Morgan fingerprint density at radius 3 is 2.65 bits per heavy atom. The van der Waals surface area contributed by atoms with E-state index in [2.05, 4.69) is 29.4 Å². The highest BCUT2D eigenvalue weighted by Crippen LogP contribution is 2.39.